The van der Waals surface area contributed by atoms with Crippen LogP contribution in [0.15, 0.2) is 29.2 Å². The highest BCUT2D eigenvalue weighted by atomic mass is 32.2. The van der Waals surface area contributed by atoms with E-state index in [1.165, 1.54) is 35.5 Å². The summed E-state index contributed by atoms with van der Waals surface area (Å²) in [4.78, 5) is 11.1. The van der Waals surface area contributed by atoms with Crippen LogP contribution in [0.25, 0.3) is 0 Å². The van der Waals surface area contributed by atoms with Crippen LogP contribution in [0.2, 0.25) is 0 Å². The van der Waals surface area contributed by atoms with Gasteiger partial charge in [-0.05, 0) is 30.7 Å². The van der Waals surface area contributed by atoms with Crippen molar-refractivity contribution in [1.29, 1.82) is 0 Å². The molecular weight excluding hydrogens is 340 g/mol. The van der Waals surface area contributed by atoms with Gasteiger partial charge in [-0.3, -0.25) is 4.79 Å². The molecule has 7 nitrogen and oxygen atoms in total. The summed E-state index contributed by atoms with van der Waals surface area (Å²) >= 11 is 0. The molecule has 1 amide bonds. The molecule has 23 heavy (non-hydrogen) atoms. The molecule has 1 fully saturated rings. The predicted molar refractivity (Wildman–Crippen MR) is 87.4 cm³/mol. The predicted octanol–water partition coefficient (Wildman–Crippen LogP) is 0.843. The molecule has 1 saturated heterocycles. The van der Waals surface area contributed by atoms with Crippen LogP contribution >= 0.6 is 0 Å². The number of hydrogen-bond acceptors (Lipinski definition) is 5. The zero-order valence-electron chi connectivity index (χ0n) is 13.0. The van der Waals surface area contributed by atoms with Gasteiger partial charge in [0, 0.05) is 25.2 Å². The van der Waals surface area contributed by atoms with E-state index in [1.807, 2.05) is 0 Å². The lowest BCUT2D eigenvalue weighted by molar-refractivity contribution is -0.114. The number of nitrogens with one attached hydrogen (secondary N) is 1. The van der Waals surface area contributed by atoms with Gasteiger partial charge in [-0.15, -0.1) is 0 Å². The van der Waals surface area contributed by atoms with E-state index in [4.69, 9.17) is 0 Å². The van der Waals surface area contributed by atoms with Crippen LogP contribution in [0, 0.1) is 0 Å². The molecule has 0 bridgehead atoms. The smallest absolute Gasteiger partial charge is 0.243 e. The molecule has 1 atom stereocenters. The minimum absolute atomic E-state index is 0.0190. The summed E-state index contributed by atoms with van der Waals surface area (Å²) in [5.41, 5.74) is 0.503. The van der Waals surface area contributed by atoms with Crippen molar-refractivity contribution in [1.82, 2.24) is 4.31 Å². The molecule has 0 spiro atoms. The van der Waals surface area contributed by atoms with E-state index in [2.05, 4.69) is 5.32 Å². The molecule has 1 N–H and O–H groups in total. The third-order valence-electron chi connectivity index (χ3n) is 3.71. The Hall–Kier alpha value is -1.45. The monoisotopic (exact) mass is 360 g/mol. The SMILES string of the molecule is CCN([C@H]1CCS(=O)(=O)C1)S(=O)(=O)c1ccc(NC(C)=O)cc1. The van der Waals surface area contributed by atoms with Crippen molar-refractivity contribution in [3.63, 3.8) is 0 Å². The number of amides is 1. The largest absolute Gasteiger partial charge is 0.326 e. The Morgan fingerprint density at radius 3 is 2.35 bits per heavy atom. The third-order valence-corrected chi connectivity index (χ3v) is 7.50. The fraction of sp³-hybridized carbons (Fsp3) is 0.500. The molecule has 9 heteroatoms. The summed E-state index contributed by atoms with van der Waals surface area (Å²) in [7, 11) is -6.94. The molecule has 1 aliphatic rings. The molecule has 0 aliphatic carbocycles. The summed E-state index contributed by atoms with van der Waals surface area (Å²) in [6.45, 7) is 3.26. The molecule has 0 saturated carbocycles. The van der Waals surface area contributed by atoms with Gasteiger partial charge < -0.3 is 5.32 Å². The zero-order valence-corrected chi connectivity index (χ0v) is 14.7. The minimum atomic E-state index is -3.77. The molecule has 1 heterocycles. The Balaban J connectivity index is 2.27. The highest BCUT2D eigenvalue weighted by Gasteiger charge is 2.37. The number of nitrogens with zero attached hydrogens (tertiary/aromatic N) is 1. The van der Waals surface area contributed by atoms with E-state index >= 15 is 0 Å². The molecule has 0 unspecified atom stereocenters. The number of anilines is 1. The van der Waals surface area contributed by atoms with Crippen molar-refractivity contribution >= 4 is 31.5 Å². The molecule has 1 aromatic carbocycles. The Morgan fingerprint density at radius 2 is 1.91 bits per heavy atom. The van der Waals surface area contributed by atoms with Crippen molar-refractivity contribution in [2.75, 3.05) is 23.4 Å². The topological polar surface area (TPSA) is 101 Å². The second kappa shape index (κ2) is 6.58. The van der Waals surface area contributed by atoms with E-state index in [0.29, 0.717) is 12.1 Å². The summed E-state index contributed by atoms with van der Waals surface area (Å²) in [5, 5.41) is 2.57. The lowest BCUT2D eigenvalue weighted by Crippen LogP contribution is -2.40. The van der Waals surface area contributed by atoms with Gasteiger partial charge in [0.15, 0.2) is 9.84 Å². The normalized spacial score (nSPS) is 20.6. The number of hydrogen-bond donors (Lipinski definition) is 1. The maximum atomic E-state index is 12.7. The molecule has 1 aliphatic heterocycles. The summed E-state index contributed by atoms with van der Waals surface area (Å²) in [5.74, 6) is -0.359. The number of carbonyl (C=O) groups excluding carboxylic acids is 1. The van der Waals surface area contributed by atoms with E-state index in [9.17, 15) is 21.6 Å². The highest BCUT2D eigenvalue weighted by molar-refractivity contribution is 7.92. The third kappa shape index (κ3) is 4.10. The van der Waals surface area contributed by atoms with Gasteiger partial charge in [0.25, 0.3) is 0 Å². The Bertz CT molecular complexity index is 785. The first kappa shape index (κ1) is 17.9. The first-order valence-electron chi connectivity index (χ1n) is 7.25. The quantitative estimate of drug-likeness (QED) is 0.839. The van der Waals surface area contributed by atoms with Gasteiger partial charge >= 0.3 is 0 Å². The van der Waals surface area contributed by atoms with Crippen LogP contribution in [0.4, 0.5) is 5.69 Å². The molecular formula is C14H20N2O5S2. The second-order valence-electron chi connectivity index (χ2n) is 5.47. The summed E-state index contributed by atoms with van der Waals surface area (Å²) < 4.78 is 49.9. The number of carbonyl (C=O) groups is 1. The van der Waals surface area contributed by atoms with Crippen LogP contribution in [-0.4, -0.2) is 51.1 Å². The van der Waals surface area contributed by atoms with Crippen LogP contribution in [0.1, 0.15) is 20.3 Å². The van der Waals surface area contributed by atoms with Gasteiger partial charge in [-0.25, -0.2) is 16.8 Å². The molecule has 0 aromatic heterocycles. The fourth-order valence-corrected chi connectivity index (χ4v) is 6.16. The molecule has 2 rings (SSSR count). The Labute approximate surface area is 136 Å². The lowest BCUT2D eigenvalue weighted by atomic mass is 10.3. The molecule has 0 radical (unpaired) electrons. The summed E-state index contributed by atoms with van der Waals surface area (Å²) in [6, 6.07) is 5.31. The van der Waals surface area contributed by atoms with E-state index in [-0.39, 0.29) is 28.9 Å². The van der Waals surface area contributed by atoms with Crippen LogP contribution < -0.4 is 5.32 Å². The molecule has 1 aromatic rings. The first-order chi connectivity index (χ1) is 10.7. The van der Waals surface area contributed by atoms with Gasteiger partial charge in [-0.2, -0.15) is 4.31 Å². The summed E-state index contributed by atoms with van der Waals surface area (Å²) in [6.07, 6.45) is 0.319. The fourth-order valence-electron chi connectivity index (χ4n) is 2.68. The van der Waals surface area contributed by atoms with Crippen molar-refractivity contribution in [3.8, 4) is 0 Å². The average Bonchev–Trinajstić information content (AvgIpc) is 2.79. The Morgan fingerprint density at radius 1 is 1.30 bits per heavy atom. The average molecular weight is 360 g/mol. The van der Waals surface area contributed by atoms with Crippen molar-refractivity contribution < 1.29 is 21.6 Å². The van der Waals surface area contributed by atoms with Crippen LogP contribution in [0.5, 0.6) is 0 Å². The Kier molecular flexibility index (Phi) is 5.12. The van der Waals surface area contributed by atoms with Crippen LogP contribution in [0.3, 0.4) is 0 Å². The van der Waals surface area contributed by atoms with Crippen molar-refractivity contribution in [2.24, 2.45) is 0 Å². The maximum Gasteiger partial charge on any atom is 0.243 e. The lowest BCUT2D eigenvalue weighted by Gasteiger charge is -2.26. The highest BCUT2D eigenvalue weighted by Crippen LogP contribution is 2.25. The minimum Gasteiger partial charge on any atom is -0.326 e. The van der Waals surface area contributed by atoms with Gasteiger partial charge in [0.1, 0.15) is 0 Å². The standard InChI is InChI=1S/C14H20N2O5S2/c1-3-16(13-8-9-22(18,19)10-13)23(20,21)14-6-4-12(5-7-14)15-11(2)17/h4-7,13H,3,8-10H2,1-2H3,(H,15,17)/t13-/m0/s1. The van der Waals surface area contributed by atoms with Gasteiger partial charge in [0.2, 0.25) is 15.9 Å². The number of rotatable bonds is 5. The van der Waals surface area contributed by atoms with Crippen molar-refractivity contribution in [3.05, 3.63) is 24.3 Å². The van der Waals surface area contributed by atoms with E-state index < -0.39 is 25.9 Å². The van der Waals surface area contributed by atoms with Gasteiger partial charge in [-0.1, -0.05) is 6.92 Å². The zero-order chi connectivity index (χ0) is 17.3. The number of sulfonamides is 1. The number of benzene rings is 1. The van der Waals surface area contributed by atoms with Gasteiger partial charge in [0.05, 0.1) is 16.4 Å². The second-order valence-corrected chi connectivity index (χ2v) is 9.59. The van der Waals surface area contributed by atoms with E-state index in [1.54, 1.807) is 6.92 Å². The first-order valence-corrected chi connectivity index (χ1v) is 10.5. The van der Waals surface area contributed by atoms with E-state index in [0.717, 1.165) is 0 Å². The maximum absolute atomic E-state index is 12.7. The molecule has 128 valence electrons. The van der Waals surface area contributed by atoms with Crippen LogP contribution in [-0.2, 0) is 24.7 Å². The number of sulfone groups is 1. The van der Waals surface area contributed by atoms with Crippen molar-refractivity contribution in [2.45, 2.75) is 31.2 Å².